The van der Waals surface area contributed by atoms with Crippen LogP contribution in [0.4, 0.5) is 0 Å². The van der Waals surface area contributed by atoms with Gasteiger partial charge in [-0.15, -0.1) is 0 Å². The second-order valence-corrected chi connectivity index (χ2v) is 7.42. The Bertz CT molecular complexity index is 275. The molecule has 0 bridgehead atoms. The van der Waals surface area contributed by atoms with Crippen LogP contribution in [0.1, 0.15) is 38.5 Å². The van der Waals surface area contributed by atoms with E-state index < -0.39 is 0 Å². The molecule has 1 atom stereocenters. The van der Waals surface area contributed by atoms with Crippen molar-refractivity contribution in [2.75, 3.05) is 25.6 Å². The number of hydrogen-bond acceptors (Lipinski definition) is 4. The molecule has 3 rings (SSSR count). The van der Waals surface area contributed by atoms with Crippen molar-refractivity contribution >= 4 is 11.8 Å². The Morgan fingerprint density at radius 3 is 2.39 bits per heavy atom. The van der Waals surface area contributed by atoms with Gasteiger partial charge in [-0.25, -0.2) is 0 Å². The van der Waals surface area contributed by atoms with E-state index in [1.165, 1.54) is 38.5 Å². The molecule has 0 radical (unpaired) electrons. The van der Waals surface area contributed by atoms with Crippen molar-refractivity contribution in [2.24, 2.45) is 5.92 Å². The van der Waals surface area contributed by atoms with Gasteiger partial charge in [0, 0.05) is 30.3 Å². The van der Waals surface area contributed by atoms with Crippen molar-refractivity contribution in [1.82, 2.24) is 5.32 Å². The molecule has 0 aromatic carbocycles. The Morgan fingerprint density at radius 2 is 1.83 bits per heavy atom. The zero-order valence-electron chi connectivity index (χ0n) is 11.1. The predicted octanol–water partition coefficient (Wildman–Crippen LogP) is 1.79. The molecule has 0 aromatic heterocycles. The van der Waals surface area contributed by atoms with Crippen molar-refractivity contribution in [3.8, 4) is 0 Å². The molecule has 1 unspecified atom stereocenters. The number of aliphatic hydroxyl groups is 1. The molecular weight excluding hydrogens is 246 g/mol. The molecule has 3 nitrogen and oxygen atoms in total. The lowest BCUT2D eigenvalue weighted by Crippen LogP contribution is -2.54. The van der Waals surface area contributed by atoms with Crippen LogP contribution >= 0.6 is 11.8 Å². The zero-order chi connectivity index (χ0) is 12.4. The van der Waals surface area contributed by atoms with E-state index in [0.29, 0.717) is 12.6 Å². The first-order valence-corrected chi connectivity index (χ1v) is 8.45. The lowest BCUT2D eigenvalue weighted by molar-refractivity contribution is 0.0997. The zero-order valence-corrected chi connectivity index (χ0v) is 11.9. The predicted molar refractivity (Wildman–Crippen MR) is 75.0 cm³/mol. The summed E-state index contributed by atoms with van der Waals surface area (Å²) in [6.45, 7) is 2.15. The molecule has 2 aliphatic carbocycles. The van der Waals surface area contributed by atoms with E-state index in [1.54, 1.807) is 0 Å². The van der Waals surface area contributed by atoms with Gasteiger partial charge in [0.1, 0.15) is 0 Å². The Balaban J connectivity index is 1.54. The van der Waals surface area contributed by atoms with Gasteiger partial charge in [0.25, 0.3) is 0 Å². The van der Waals surface area contributed by atoms with E-state index in [4.69, 9.17) is 4.74 Å². The number of thioether (sulfide) groups is 1. The highest BCUT2D eigenvalue weighted by molar-refractivity contribution is 8.00. The van der Waals surface area contributed by atoms with Crippen molar-refractivity contribution < 1.29 is 9.84 Å². The van der Waals surface area contributed by atoms with Crippen LogP contribution in [0.5, 0.6) is 0 Å². The molecule has 0 spiro atoms. The van der Waals surface area contributed by atoms with Crippen LogP contribution in [-0.4, -0.2) is 47.5 Å². The maximum atomic E-state index is 9.89. The Labute approximate surface area is 114 Å². The summed E-state index contributed by atoms with van der Waals surface area (Å²) in [4.78, 5) is 0. The highest BCUT2D eigenvalue weighted by Gasteiger charge is 2.47. The molecule has 2 N–H and O–H groups in total. The molecule has 2 saturated carbocycles. The van der Waals surface area contributed by atoms with E-state index in [1.807, 2.05) is 0 Å². The highest BCUT2D eigenvalue weighted by atomic mass is 32.2. The lowest BCUT2D eigenvalue weighted by Gasteiger charge is -2.35. The van der Waals surface area contributed by atoms with Crippen LogP contribution in [-0.2, 0) is 4.74 Å². The molecule has 1 saturated heterocycles. The third-order valence-corrected chi connectivity index (χ3v) is 6.08. The number of ether oxygens (including phenoxy) is 1. The van der Waals surface area contributed by atoms with Crippen molar-refractivity contribution in [2.45, 2.75) is 55.4 Å². The molecule has 104 valence electrons. The lowest BCUT2D eigenvalue weighted by atomic mass is 9.96. The van der Waals surface area contributed by atoms with E-state index >= 15 is 0 Å². The van der Waals surface area contributed by atoms with Crippen LogP contribution in [0.2, 0.25) is 0 Å². The Morgan fingerprint density at radius 1 is 1.11 bits per heavy atom. The van der Waals surface area contributed by atoms with Gasteiger partial charge >= 0.3 is 0 Å². The minimum Gasteiger partial charge on any atom is -0.394 e. The number of rotatable bonds is 7. The molecule has 4 heteroatoms. The van der Waals surface area contributed by atoms with Crippen molar-refractivity contribution in [3.63, 3.8) is 0 Å². The van der Waals surface area contributed by atoms with E-state index in [2.05, 4.69) is 17.1 Å². The average molecular weight is 271 g/mol. The second kappa shape index (κ2) is 5.70. The SMILES string of the molecule is OCC(CSC1CCOCC1)(NC1CC1)C1CC1. The minimum absolute atomic E-state index is 0.0180. The fourth-order valence-electron chi connectivity index (χ4n) is 2.88. The summed E-state index contributed by atoms with van der Waals surface area (Å²) in [5.74, 6) is 1.80. The smallest absolute Gasteiger partial charge is 0.0624 e. The molecule has 18 heavy (non-hydrogen) atoms. The highest BCUT2D eigenvalue weighted by Crippen LogP contribution is 2.44. The standard InChI is InChI=1S/C14H25NO2S/c16-9-14(11-1-2-11,15-12-3-4-12)10-18-13-5-7-17-8-6-13/h11-13,15-16H,1-10H2. The van der Waals surface area contributed by atoms with Gasteiger partial charge in [0.15, 0.2) is 0 Å². The molecule has 3 aliphatic rings. The summed E-state index contributed by atoms with van der Waals surface area (Å²) in [6, 6.07) is 0.688. The fraction of sp³-hybridized carbons (Fsp3) is 1.00. The maximum Gasteiger partial charge on any atom is 0.0624 e. The summed E-state index contributed by atoms with van der Waals surface area (Å²) in [5, 5.41) is 14.4. The molecule has 0 amide bonds. The first kappa shape index (κ1) is 13.2. The molecule has 1 aliphatic heterocycles. The van der Waals surface area contributed by atoms with Crippen LogP contribution < -0.4 is 5.32 Å². The molecular formula is C14H25NO2S. The maximum absolute atomic E-state index is 9.89. The topological polar surface area (TPSA) is 41.5 Å². The summed E-state index contributed by atoms with van der Waals surface area (Å²) in [7, 11) is 0. The van der Waals surface area contributed by atoms with Gasteiger partial charge in [-0.2, -0.15) is 11.8 Å². The number of nitrogens with one attached hydrogen (secondary N) is 1. The summed E-state index contributed by atoms with van der Waals surface area (Å²) in [6.07, 6.45) is 7.57. The van der Waals surface area contributed by atoms with E-state index in [0.717, 1.165) is 30.1 Å². The first-order valence-electron chi connectivity index (χ1n) is 7.40. The fourth-order valence-corrected chi connectivity index (χ4v) is 4.35. The quantitative estimate of drug-likeness (QED) is 0.741. The third-order valence-electron chi connectivity index (χ3n) is 4.45. The Hall–Kier alpha value is 0.230. The van der Waals surface area contributed by atoms with Crippen LogP contribution in [0.15, 0.2) is 0 Å². The van der Waals surface area contributed by atoms with E-state index in [9.17, 15) is 5.11 Å². The van der Waals surface area contributed by atoms with Gasteiger partial charge in [-0.05, 0) is 44.4 Å². The summed E-state index contributed by atoms with van der Waals surface area (Å²) in [5.41, 5.74) is 0.0180. The van der Waals surface area contributed by atoms with Crippen LogP contribution in [0, 0.1) is 5.92 Å². The monoisotopic (exact) mass is 271 g/mol. The van der Waals surface area contributed by atoms with E-state index in [-0.39, 0.29) is 5.54 Å². The van der Waals surface area contributed by atoms with Gasteiger partial charge in [-0.3, -0.25) is 0 Å². The van der Waals surface area contributed by atoms with Gasteiger partial charge < -0.3 is 15.2 Å². The first-order chi connectivity index (χ1) is 8.82. The van der Waals surface area contributed by atoms with Crippen LogP contribution in [0.25, 0.3) is 0 Å². The molecule has 1 heterocycles. The van der Waals surface area contributed by atoms with Crippen LogP contribution in [0.3, 0.4) is 0 Å². The summed E-state index contributed by atoms with van der Waals surface area (Å²) >= 11 is 2.06. The average Bonchev–Trinajstić information content (AvgIpc) is 3.28. The number of aliphatic hydroxyl groups excluding tert-OH is 1. The summed E-state index contributed by atoms with van der Waals surface area (Å²) < 4.78 is 5.41. The Kier molecular flexibility index (Phi) is 4.18. The normalized spacial score (nSPS) is 29.2. The molecule has 3 fully saturated rings. The number of hydrogen-bond donors (Lipinski definition) is 2. The largest absolute Gasteiger partial charge is 0.394 e. The minimum atomic E-state index is 0.0180. The van der Waals surface area contributed by atoms with Crippen molar-refractivity contribution in [3.05, 3.63) is 0 Å². The van der Waals surface area contributed by atoms with Gasteiger partial charge in [0.05, 0.1) is 12.1 Å². The second-order valence-electron chi connectivity index (χ2n) is 6.13. The van der Waals surface area contributed by atoms with Gasteiger partial charge in [0.2, 0.25) is 0 Å². The molecule has 0 aromatic rings. The van der Waals surface area contributed by atoms with Crippen molar-refractivity contribution in [1.29, 1.82) is 0 Å². The van der Waals surface area contributed by atoms with Gasteiger partial charge in [-0.1, -0.05) is 0 Å². The third kappa shape index (κ3) is 3.21.